The summed E-state index contributed by atoms with van der Waals surface area (Å²) in [5.41, 5.74) is -0.483. The molecule has 0 N–H and O–H groups in total. The van der Waals surface area contributed by atoms with Gasteiger partial charge in [-0.25, -0.2) is 0 Å². The fourth-order valence-corrected chi connectivity index (χ4v) is 1.55. The van der Waals surface area contributed by atoms with Gasteiger partial charge in [-0.3, -0.25) is 4.79 Å². The Hall–Kier alpha value is -0.790. The van der Waals surface area contributed by atoms with Gasteiger partial charge < -0.3 is 4.74 Å². The number of carbonyl (C=O) groups excluding carboxylic acids is 1. The minimum atomic E-state index is -0.483. The van der Waals surface area contributed by atoms with Crippen LogP contribution >= 0.6 is 0 Å². The van der Waals surface area contributed by atoms with Crippen molar-refractivity contribution in [1.82, 2.24) is 0 Å². The van der Waals surface area contributed by atoms with Crippen LogP contribution in [-0.2, 0) is 9.53 Å². The van der Waals surface area contributed by atoms with E-state index in [1.807, 2.05) is 6.92 Å². The average Bonchev–Trinajstić information content (AvgIpc) is 2.11. The largest absolute Gasteiger partial charge is 0.455 e. The second-order valence-electron chi connectivity index (χ2n) is 4.75. The van der Waals surface area contributed by atoms with Crippen molar-refractivity contribution >= 4 is 5.97 Å². The molecule has 0 amide bonds. The maximum Gasteiger partial charge on any atom is 0.303 e. The first-order valence-corrected chi connectivity index (χ1v) is 5.73. The summed E-state index contributed by atoms with van der Waals surface area (Å²) >= 11 is 0. The third-order valence-electron chi connectivity index (χ3n) is 2.51. The van der Waals surface area contributed by atoms with Gasteiger partial charge in [0.2, 0.25) is 0 Å². The van der Waals surface area contributed by atoms with E-state index in [2.05, 4.69) is 20.4 Å². The van der Waals surface area contributed by atoms with Gasteiger partial charge in [0.15, 0.2) is 0 Å². The number of unbranched alkanes of at least 4 members (excludes halogenated alkanes) is 1. The van der Waals surface area contributed by atoms with E-state index in [-0.39, 0.29) is 5.97 Å². The van der Waals surface area contributed by atoms with Crippen LogP contribution in [0, 0.1) is 5.92 Å². The highest BCUT2D eigenvalue weighted by Gasteiger charge is 2.22. The van der Waals surface area contributed by atoms with E-state index in [4.69, 9.17) is 4.74 Å². The molecule has 0 aromatic rings. The Morgan fingerprint density at radius 3 is 2.47 bits per heavy atom. The lowest BCUT2D eigenvalue weighted by atomic mass is 9.96. The van der Waals surface area contributed by atoms with Gasteiger partial charge >= 0.3 is 5.97 Å². The Morgan fingerprint density at radius 1 is 1.47 bits per heavy atom. The molecule has 0 rings (SSSR count). The molecule has 1 atom stereocenters. The Bertz CT molecular complexity index is 209. The second-order valence-corrected chi connectivity index (χ2v) is 4.75. The summed E-state index contributed by atoms with van der Waals surface area (Å²) in [4.78, 5) is 10.9. The van der Waals surface area contributed by atoms with Gasteiger partial charge in [0.05, 0.1) is 0 Å². The summed E-state index contributed by atoms with van der Waals surface area (Å²) in [5, 5.41) is 0. The van der Waals surface area contributed by atoms with E-state index in [0.29, 0.717) is 0 Å². The molecule has 0 saturated carbocycles. The van der Waals surface area contributed by atoms with Crippen LogP contribution in [0.1, 0.15) is 53.4 Å². The quantitative estimate of drug-likeness (QED) is 0.365. The lowest BCUT2D eigenvalue weighted by Gasteiger charge is -2.25. The van der Waals surface area contributed by atoms with Gasteiger partial charge in [0.25, 0.3) is 0 Å². The van der Waals surface area contributed by atoms with E-state index >= 15 is 0 Å². The molecule has 0 aliphatic carbocycles. The predicted octanol–water partition coefficient (Wildman–Crippen LogP) is 3.71. The van der Waals surface area contributed by atoms with Crippen molar-refractivity contribution in [1.29, 1.82) is 0 Å². The highest BCUT2D eigenvalue weighted by atomic mass is 16.6. The van der Waals surface area contributed by atoms with Gasteiger partial charge in [-0.15, -0.1) is 0 Å². The number of hydrogen-bond donors (Lipinski definition) is 0. The molecule has 0 radical (unpaired) electrons. The molecule has 0 fully saturated rings. The van der Waals surface area contributed by atoms with Crippen molar-refractivity contribution in [2.24, 2.45) is 5.92 Å². The average molecular weight is 212 g/mol. The van der Waals surface area contributed by atoms with Crippen molar-refractivity contribution in [2.45, 2.75) is 59.0 Å². The first kappa shape index (κ1) is 14.2. The molecule has 0 aromatic heterocycles. The molecule has 0 heterocycles. The molecule has 1 unspecified atom stereocenters. The lowest BCUT2D eigenvalue weighted by Crippen LogP contribution is -2.28. The number of hydrogen-bond acceptors (Lipinski definition) is 2. The highest BCUT2D eigenvalue weighted by molar-refractivity contribution is 5.66. The number of esters is 1. The fraction of sp³-hybridized carbons (Fsp3) is 0.769. The number of rotatable bonds is 7. The van der Waals surface area contributed by atoms with Crippen LogP contribution in [0.5, 0.6) is 0 Å². The second kappa shape index (κ2) is 6.65. The van der Waals surface area contributed by atoms with E-state index in [9.17, 15) is 4.79 Å². The number of ether oxygens (including phenoxy) is 1. The summed E-state index contributed by atoms with van der Waals surface area (Å²) in [7, 11) is 0. The third-order valence-corrected chi connectivity index (χ3v) is 2.51. The van der Waals surface area contributed by atoms with Gasteiger partial charge in [0.1, 0.15) is 5.60 Å². The van der Waals surface area contributed by atoms with E-state index in [0.717, 1.165) is 18.8 Å². The first-order chi connectivity index (χ1) is 6.89. The minimum Gasteiger partial charge on any atom is -0.455 e. The van der Waals surface area contributed by atoms with Crippen molar-refractivity contribution in [2.75, 3.05) is 0 Å². The van der Waals surface area contributed by atoms with Crippen LogP contribution in [0.25, 0.3) is 0 Å². The summed E-state index contributed by atoms with van der Waals surface area (Å²) < 4.78 is 5.24. The van der Waals surface area contributed by atoms with Crippen molar-refractivity contribution in [3.8, 4) is 0 Å². The van der Waals surface area contributed by atoms with Crippen LogP contribution in [0.15, 0.2) is 12.7 Å². The molecule has 88 valence electrons. The molecule has 15 heavy (non-hydrogen) atoms. The monoisotopic (exact) mass is 212 g/mol. The SMILES string of the molecule is C=CC(C)(CCCCC(C)C)OC(C)=O. The maximum atomic E-state index is 10.9. The lowest BCUT2D eigenvalue weighted by molar-refractivity contribution is -0.151. The molecule has 0 spiro atoms. The van der Waals surface area contributed by atoms with Crippen molar-refractivity contribution in [3.05, 3.63) is 12.7 Å². The molecule has 2 heteroatoms. The minimum absolute atomic E-state index is 0.235. The Morgan fingerprint density at radius 2 is 2.07 bits per heavy atom. The van der Waals surface area contributed by atoms with E-state index in [1.54, 1.807) is 6.08 Å². The smallest absolute Gasteiger partial charge is 0.303 e. The first-order valence-electron chi connectivity index (χ1n) is 5.73. The molecule has 0 bridgehead atoms. The summed E-state index contributed by atoms with van der Waals surface area (Å²) in [6.45, 7) is 11.5. The molecule has 0 aromatic carbocycles. The molecule has 2 nitrogen and oxygen atoms in total. The van der Waals surface area contributed by atoms with Gasteiger partial charge in [0, 0.05) is 6.92 Å². The van der Waals surface area contributed by atoms with E-state index in [1.165, 1.54) is 19.8 Å². The van der Waals surface area contributed by atoms with E-state index < -0.39 is 5.60 Å². The molecule has 0 saturated heterocycles. The Kier molecular flexibility index (Phi) is 6.30. The fourth-order valence-electron chi connectivity index (χ4n) is 1.55. The third kappa shape index (κ3) is 7.18. The zero-order valence-electron chi connectivity index (χ0n) is 10.5. The zero-order chi connectivity index (χ0) is 11.9. The molecule has 0 aliphatic rings. The summed E-state index contributed by atoms with van der Waals surface area (Å²) in [6, 6.07) is 0. The predicted molar refractivity (Wildman–Crippen MR) is 63.7 cm³/mol. The Labute approximate surface area is 93.7 Å². The van der Waals surface area contributed by atoms with Crippen molar-refractivity contribution in [3.63, 3.8) is 0 Å². The normalized spacial score (nSPS) is 14.7. The van der Waals surface area contributed by atoms with Crippen LogP contribution in [0.3, 0.4) is 0 Å². The topological polar surface area (TPSA) is 26.3 Å². The van der Waals surface area contributed by atoms with Crippen molar-refractivity contribution < 1.29 is 9.53 Å². The number of carbonyl (C=O) groups is 1. The zero-order valence-corrected chi connectivity index (χ0v) is 10.5. The molecular weight excluding hydrogens is 188 g/mol. The Balaban J connectivity index is 3.88. The summed E-state index contributed by atoms with van der Waals surface area (Å²) in [5.74, 6) is 0.509. The molecular formula is C13H24O2. The van der Waals surface area contributed by atoms with Gasteiger partial charge in [-0.2, -0.15) is 0 Å². The van der Waals surface area contributed by atoms with Crippen LogP contribution in [0.2, 0.25) is 0 Å². The maximum absolute atomic E-state index is 10.9. The molecule has 0 aliphatic heterocycles. The van der Waals surface area contributed by atoms with Gasteiger partial charge in [-0.05, 0) is 31.8 Å². The standard InChI is InChI=1S/C13H24O2/c1-6-13(5,15-12(4)14)10-8-7-9-11(2)3/h6,11H,1,7-10H2,2-5H3. The van der Waals surface area contributed by atoms with Crippen LogP contribution in [0.4, 0.5) is 0 Å². The highest BCUT2D eigenvalue weighted by Crippen LogP contribution is 2.21. The van der Waals surface area contributed by atoms with Crippen LogP contribution < -0.4 is 0 Å². The summed E-state index contributed by atoms with van der Waals surface area (Å²) in [6.07, 6.45) is 6.08. The van der Waals surface area contributed by atoms with Gasteiger partial charge in [-0.1, -0.05) is 33.3 Å². The van der Waals surface area contributed by atoms with Crippen LogP contribution in [-0.4, -0.2) is 11.6 Å².